The van der Waals surface area contributed by atoms with Gasteiger partial charge in [-0.05, 0) is 24.3 Å². The van der Waals surface area contributed by atoms with E-state index in [4.69, 9.17) is 16.3 Å². The highest BCUT2D eigenvalue weighted by Gasteiger charge is 2.23. The van der Waals surface area contributed by atoms with Gasteiger partial charge < -0.3 is 14.5 Å². The molecule has 1 N–H and O–H groups in total. The van der Waals surface area contributed by atoms with Gasteiger partial charge >= 0.3 is 0 Å². The van der Waals surface area contributed by atoms with E-state index in [2.05, 4.69) is 36.6 Å². The predicted octanol–water partition coefficient (Wildman–Crippen LogP) is 3.18. The van der Waals surface area contributed by atoms with Crippen LogP contribution in [0.1, 0.15) is 0 Å². The Kier molecular flexibility index (Phi) is 4.87. The van der Waals surface area contributed by atoms with E-state index in [1.807, 2.05) is 12.1 Å². The first-order valence-electron chi connectivity index (χ1n) is 9.71. The molecule has 0 bridgehead atoms. The number of benzene rings is 1. The SMILES string of the molecule is C=CC(=O)N1CCN(c2ncnc3c(Oc4c(Cl)ccc5[nH]ncc45)nccc23)CC1. The molecule has 1 aromatic carbocycles. The maximum Gasteiger partial charge on any atom is 0.246 e. The molecule has 0 saturated carbocycles. The van der Waals surface area contributed by atoms with Crippen molar-refractivity contribution in [3.8, 4) is 11.6 Å². The second-order valence-corrected chi connectivity index (χ2v) is 7.44. The van der Waals surface area contributed by atoms with Gasteiger partial charge in [-0.25, -0.2) is 15.0 Å². The Balaban J connectivity index is 1.50. The summed E-state index contributed by atoms with van der Waals surface area (Å²) < 4.78 is 6.12. The molecule has 156 valence electrons. The topological polar surface area (TPSA) is 100 Å². The summed E-state index contributed by atoms with van der Waals surface area (Å²) in [5.74, 6) is 1.51. The number of nitrogens with zero attached hydrogens (tertiary/aromatic N) is 6. The van der Waals surface area contributed by atoms with E-state index in [0.29, 0.717) is 48.3 Å². The molecule has 1 aliphatic heterocycles. The number of carbonyl (C=O) groups excluding carboxylic acids is 1. The van der Waals surface area contributed by atoms with Crippen LogP contribution in [-0.2, 0) is 4.79 Å². The number of rotatable bonds is 4. The normalized spacial score (nSPS) is 14.2. The average Bonchev–Trinajstić information content (AvgIpc) is 3.29. The number of pyridine rings is 1. The van der Waals surface area contributed by atoms with Crippen molar-refractivity contribution in [1.29, 1.82) is 0 Å². The molecule has 1 saturated heterocycles. The van der Waals surface area contributed by atoms with Crippen LogP contribution in [0.25, 0.3) is 21.8 Å². The van der Waals surface area contributed by atoms with Crippen LogP contribution in [0, 0.1) is 0 Å². The van der Waals surface area contributed by atoms with Gasteiger partial charge in [-0.2, -0.15) is 5.10 Å². The van der Waals surface area contributed by atoms with Crippen LogP contribution in [0.2, 0.25) is 5.02 Å². The molecule has 10 heteroatoms. The van der Waals surface area contributed by atoms with E-state index in [9.17, 15) is 4.79 Å². The van der Waals surface area contributed by atoms with E-state index in [-0.39, 0.29) is 5.91 Å². The second-order valence-electron chi connectivity index (χ2n) is 7.04. The van der Waals surface area contributed by atoms with Crippen molar-refractivity contribution in [2.45, 2.75) is 0 Å². The summed E-state index contributed by atoms with van der Waals surface area (Å²) in [5.41, 5.74) is 1.38. The van der Waals surface area contributed by atoms with Crippen molar-refractivity contribution in [2.24, 2.45) is 0 Å². The van der Waals surface area contributed by atoms with Crippen molar-refractivity contribution in [1.82, 2.24) is 30.0 Å². The van der Waals surface area contributed by atoms with Gasteiger partial charge in [0.25, 0.3) is 0 Å². The number of nitrogens with one attached hydrogen (secondary N) is 1. The first-order valence-corrected chi connectivity index (χ1v) is 10.1. The number of hydrogen-bond acceptors (Lipinski definition) is 7. The van der Waals surface area contributed by atoms with Crippen LogP contribution in [-0.4, -0.2) is 62.1 Å². The fourth-order valence-electron chi connectivity index (χ4n) is 3.71. The summed E-state index contributed by atoms with van der Waals surface area (Å²) in [6, 6.07) is 5.44. The lowest BCUT2D eigenvalue weighted by Gasteiger charge is -2.35. The molecular weight excluding hydrogens is 418 g/mol. The second kappa shape index (κ2) is 7.84. The number of amides is 1. The van der Waals surface area contributed by atoms with Crippen LogP contribution in [0.5, 0.6) is 11.6 Å². The Morgan fingerprint density at radius 2 is 1.97 bits per heavy atom. The molecule has 0 aliphatic carbocycles. The summed E-state index contributed by atoms with van der Waals surface area (Å²) in [4.78, 5) is 29.1. The lowest BCUT2D eigenvalue weighted by atomic mass is 10.2. The van der Waals surface area contributed by atoms with Crippen molar-refractivity contribution in [3.05, 3.63) is 54.6 Å². The van der Waals surface area contributed by atoms with Gasteiger partial charge in [0.2, 0.25) is 11.8 Å². The van der Waals surface area contributed by atoms with Gasteiger partial charge in [0.1, 0.15) is 17.7 Å². The molecule has 1 aliphatic rings. The Hall–Kier alpha value is -3.72. The molecule has 3 aromatic heterocycles. The molecule has 0 unspecified atom stereocenters. The summed E-state index contributed by atoms with van der Waals surface area (Å²) in [5, 5.41) is 8.97. The number of halogens is 1. The van der Waals surface area contributed by atoms with E-state index >= 15 is 0 Å². The molecule has 31 heavy (non-hydrogen) atoms. The van der Waals surface area contributed by atoms with Crippen LogP contribution >= 0.6 is 11.6 Å². The minimum atomic E-state index is -0.0580. The standard InChI is InChI=1S/C21H18ClN7O2/c1-2-17(30)28-7-9-29(10-8-28)20-13-5-6-23-21(18(13)24-12-25-20)31-19-14-11-26-27-16(14)4-3-15(19)22/h2-6,11-12H,1,7-10H2,(H,26,27). The average molecular weight is 436 g/mol. The van der Waals surface area contributed by atoms with Crippen LogP contribution in [0.4, 0.5) is 5.82 Å². The fraction of sp³-hybridized carbons (Fsp3) is 0.190. The number of ether oxygens (including phenoxy) is 1. The number of aromatic nitrogens is 5. The van der Waals surface area contributed by atoms with Crippen LogP contribution in [0.15, 0.2) is 49.6 Å². The summed E-state index contributed by atoms with van der Waals surface area (Å²) >= 11 is 6.39. The Bertz CT molecular complexity index is 1300. The monoisotopic (exact) mass is 435 g/mol. The fourth-order valence-corrected chi connectivity index (χ4v) is 3.91. The lowest BCUT2D eigenvalue weighted by Crippen LogP contribution is -2.48. The van der Waals surface area contributed by atoms with Crippen molar-refractivity contribution >= 4 is 45.1 Å². The van der Waals surface area contributed by atoms with Crippen molar-refractivity contribution in [3.63, 3.8) is 0 Å². The largest absolute Gasteiger partial charge is 0.435 e. The molecule has 1 fully saturated rings. The Labute approximate surface area is 182 Å². The number of fused-ring (bicyclic) bond motifs is 2. The number of piperazine rings is 1. The first-order chi connectivity index (χ1) is 15.2. The lowest BCUT2D eigenvalue weighted by molar-refractivity contribution is -0.126. The summed E-state index contributed by atoms with van der Waals surface area (Å²) in [6.07, 6.45) is 6.15. The number of aromatic amines is 1. The van der Waals surface area contributed by atoms with Gasteiger partial charge in [-0.15, -0.1) is 0 Å². The summed E-state index contributed by atoms with van der Waals surface area (Å²) in [7, 11) is 0. The maximum atomic E-state index is 11.9. The quantitative estimate of drug-likeness (QED) is 0.491. The third-order valence-corrected chi connectivity index (χ3v) is 5.59. The zero-order valence-corrected chi connectivity index (χ0v) is 17.2. The highest BCUT2D eigenvalue weighted by atomic mass is 35.5. The van der Waals surface area contributed by atoms with E-state index in [1.54, 1.807) is 23.4 Å². The number of carbonyl (C=O) groups is 1. The van der Waals surface area contributed by atoms with Crippen LogP contribution < -0.4 is 9.64 Å². The third-order valence-electron chi connectivity index (χ3n) is 5.29. The van der Waals surface area contributed by atoms with Gasteiger partial charge in [0.15, 0.2) is 5.75 Å². The molecular formula is C21H18ClN7O2. The minimum Gasteiger partial charge on any atom is -0.435 e. The van der Waals surface area contributed by atoms with Gasteiger partial charge in [0.05, 0.1) is 22.1 Å². The Morgan fingerprint density at radius 3 is 2.77 bits per heavy atom. The van der Waals surface area contributed by atoms with E-state index < -0.39 is 0 Å². The molecule has 0 atom stereocenters. The number of hydrogen-bond donors (Lipinski definition) is 1. The predicted molar refractivity (Wildman–Crippen MR) is 118 cm³/mol. The maximum absolute atomic E-state index is 11.9. The minimum absolute atomic E-state index is 0.0580. The van der Waals surface area contributed by atoms with E-state index in [1.165, 1.54) is 12.4 Å². The highest BCUT2D eigenvalue weighted by molar-refractivity contribution is 6.33. The molecule has 0 radical (unpaired) electrons. The molecule has 5 rings (SSSR count). The molecule has 9 nitrogen and oxygen atoms in total. The van der Waals surface area contributed by atoms with Crippen molar-refractivity contribution < 1.29 is 9.53 Å². The molecule has 0 spiro atoms. The smallest absolute Gasteiger partial charge is 0.246 e. The number of anilines is 1. The van der Waals surface area contributed by atoms with Gasteiger partial charge in [-0.1, -0.05) is 18.2 Å². The van der Waals surface area contributed by atoms with Crippen molar-refractivity contribution in [2.75, 3.05) is 31.1 Å². The van der Waals surface area contributed by atoms with Crippen LogP contribution in [0.3, 0.4) is 0 Å². The molecule has 4 aromatic rings. The van der Waals surface area contributed by atoms with Gasteiger partial charge in [-0.3, -0.25) is 9.89 Å². The summed E-state index contributed by atoms with van der Waals surface area (Å²) in [6.45, 7) is 6.07. The molecule has 4 heterocycles. The molecule has 1 amide bonds. The van der Waals surface area contributed by atoms with Gasteiger partial charge in [0, 0.05) is 37.8 Å². The first kappa shape index (κ1) is 19.3. The number of H-pyrrole nitrogens is 1. The van der Waals surface area contributed by atoms with E-state index in [0.717, 1.165) is 22.1 Å². The zero-order valence-electron chi connectivity index (χ0n) is 16.5. The highest BCUT2D eigenvalue weighted by Crippen LogP contribution is 2.38. The zero-order chi connectivity index (χ0) is 21.4. The Morgan fingerprint density at radius 1 is 1.13 bits per heavy atom. The third kappa shape index (κ3) is 3.42.